The molecule has 0 fully saturated rings. The van der Waals surface area contributed by atoms with Crippen molar-refractivity contribution >= 4 is 22.5 Å². The lowest BCUT2D eigenvalue weighted by atomic mass is 9.99. The number of H-pyrrole nitrogens is 1. The predicted molar refractivity (Wildman–Crippen MR) is 81.2 cm³/mol. The van der Waals surface area contributed by atoms with Crippen LogP contribution < -0.4 is 5.32 Å². The zero-order valence-electron chi connectivity index (χ0n) is 12.0. The fraction of sp³-hybridized carbons (Fsp3) is 0.333. The maximum Gasteiger partial charge on any atom is 0.227 e. The largest absolute Gasteiger partial charge is 0.326 e. The number of fused-ring (bicyclic) bond motifs is 2. The first-order valence-corrected chi connectivity index (χ1v) is 7.40. The number of nitrogens with zero attached hydrogens (tertiary/aromatic N) is 4. The first-order valence-electron chi connectivity index (χ1n) is 7.40. The van der Waals surface area contributed by atoms with E-state index in [0.29, 0.717) is 0 Å². The van der Waals surface area contributed by atoms with Crippen LogP contribution in [-0.4, -0.2) is 30.9 Å². The third kappa shape index (κ3) is 2.34. The second-order valence-corrected chi connectivity index (χ2v) is 5.63. The van der Waals surface area contributed by atoms with Gasteiger partial charge in [-0.2, -0.15) is 5.10 Å². The van der Waals surface area contributed by atoms with Gasteiger partial charge in [-0.05, 0) is 31.0 Å². The molecule has 1 atom stereocenters. The van der Waals surface area contributed by atoms with Crippen molar-refractivity contribution in [1.29, 1.82) is 0 Å². The molecule has 1 unspecified atom stereocenters. The number of aryl methyl sites for hydroxylation is 2. The molecule has 4 rings (SSSR count). The van der Waals surface area contributed by atoms with E-state index in [1.54, 1.807) is 12.5 Å². The van der Waals surface area contributed by atoms with Crippen LogP contribution in [-0.2, 0) is 17.8 Å². The predicted octanol–water partition coefficient (Wildman–Crippen LogP) is 1.75. The molecule has 7 nitrogen and oxygen atoms in total. The molecule has 2 aromatic heterocycles. The summed E-state index contributed by atoms with van der Waals surface area (Å²) in [4.78, 5) is 12.5. The van der Waals surface area contributed by atoms with Crippen LogP contribution in [0.3, 0.4) is 0 Å². The molecule has 0 bridgehead atoms. The van der Waals surface area contributed by atoms with Crippen LogP contribution in [0.25, 0.3) is 10.9 Å². The molecule has 0 saturated heterocycles. The standard InChI is InChI=1S/C15H16N6O/c22-15(10-1-4-14-20-17-9-21(14)6-5-10)18-12-2-3-13-11(7-12)8-16-19-13/h2-3,7-10H,1,4-6H2,(H,16,19)(H,18,22). The van der Waals surface area contributed by atoms with Crippen molar-refractivity contribution in [3.63, 3.8) is 0 Å². The molecular weight excluding hydrogens is 280 g/mol. The summed E-state index contributed by atoms with van der Waals surface area (Å²) in [5.74, 6) is 1.04. The molecule has 2 N–H and O–H groups in total. The highest BCUT2D eigenvalue weighted by Gasteiger charge is 2.23. The van der Waals surface area contributed by atoms with Crippen LogP contribution in [0.15, 0.2) is 30.7 Å². The zero-order valence-corrected chi connectivity index (χ0v) is 12.0. The van der Waals surface area contributed by atoms with E-state index in [1.165, 1.54) is 0 Å². The van der Waals surface area contributed by atoms with Gasteiger partial charge in [0.15, 0.2) is 0 Å². The summed E-state index contributed by atoms with van der Waals surface area (Å²) in [6.07, 6.45) is 5.90. The van der Waals surface area contributed by atoms with Gasteiger partial charge in [-0.1, -0.05) is 0 Å². The van der Waals surface area contributed by atoms with E-state index in [4.69, 9.17) is 0 Å². The Morgan fingerprint density at radius 3 is 3.27 bits per heavy atom. The molecule has 1 aliphatic rings. The normalized spacial score (nSPS) is 17.9. The highest BCUT2D eigenvalue weighted by molar-refractivity contribution is 5.94. The van der Waals surface area contributed by atoms with Crippen molar-refractivity contribution in [2.75, 3.05) is 5.32 Å². The minimum absolute atomic E-state index is 0.00162. The second kappa shape index (κ2) is 5.25. The van der Waals surface area contributed by atoms with E-state index < -0.39 is 0 Å². The highest BCUT2D eigenvalue weighted by Crippen LogP contribution is 2.22. The molecule has 3 heterocycles. The molecule has 1 amide bonds. The molecule has 0 radical (unpaired) electrons. The molecule has 112 valence electrons. The Morgan fingerprint density at radius 2 is 2.32 bits per heavy atom. The lowest BCUT2D eigenvalue weighted by molar-refractivity contribution is -0.120. The third-order valence-corrected chi connectivity index (χ3v) is 4.21. The van der Waals surface area contributed by atoms with Gasteiger partial charge in [0.25, 0.3) is 0 Å². The van der Waals surface area contributed by atoms with Crippen LogP contribution in [0.5, 0.6) is 0 Å². The fourth-order valence-electron chi connectivity index (χ4n) is 2.93. The lowest BCUT2D eigenvalue weighted by Crippen LogP contribution is -2.23. The van der Waals surface area contributed by atoms with E-state index in [9.17, 15) is 4.79 Å². The van der Waals surface area contributed by atoms with Crippen LogP contribution in [0, 0.1) is 5.92 Å². The summed E-state index contributed by atoms with van der Waals surface area (Å²) in [6.45, 7) is 0.793. The van der Waals surface area contributed by atoms with Gasteiger partial charge in [-0.15, -0.1) is 10.2 Å². The Kier molecular flexibility index (Phi) is 3.10. The summed E-state index contributed by atoms with van der Waals surface area (Å²) in [7, 11) is 0. The quantitative estimate of drug-likeness (QED) is 0.754. The van der Waals surface area contributed by atoms with E-state index in [1.807, 2.05) is 22.8 Å². The van der Waals surface area contributed by atoms with Gasteiger partial charge in [-0.3, -0.25) is 9.89 Å². The molecule has 0 saturated carbocycles. The van der Waals surface area contributed by atoms with Gasteiger partial charge >= 0.3 is 0 Å². The number of anilines is 1. The van der Waals surface area contributed by atoms with E-state index in [2.05, 4.69) is 25.7 Å². The van der Waals surface area contributed by atoms with Crippen molar-refractivity contribution in [3.05, 3.63) is 36.5 Å². The Bertz CT molecular complexity index is 798. The average Bonchev–Trinajstić information content (AvgIpc) is 3.12. The van der Waals surface area contributed by atoms with Gasteiger partial charge in [0.05, 0.1) is 11.7 Å². The Balaban J connectivity index is 1.46. The Labute approximate surface area is 126 Å². The highest BCUT2D eigenvalue weighted by atomic mass is 16.1. The van der Waals surface area contributed by atoms with Crippen LogP contribution in [0.1, 0.15) is 18.7 Å². The first-order chi connectivity index (χ1) is 10.8. The number of aromatic nitrogens is 5. The summed E-state index contributed by atoms with van der Waals surface area (Å²) in [6, 6.07) is 5.75. The number of nitrogens with one attached hydrogen (secondary N) is 2. The number of aromatic amines is 1. The van der Waals surface area contributed by atoms with Crippen LogP contribution in [0.2, 0.25) is 0 Å². The van der Waals surface area contributed by atoms with Crippen molar-refractivity contribution in [2.45, 2.75) is 25.8 Å². The van der Waals surface area contributed by atoms with Gasteiger partial charge in [0.2, 0.25) is 5.91 Å². The van der Waals surface area contributed by atoms with E-state index >= 15 is 0 Å². The van der Waals surface area contributed by atoms with Gasteiger partial charge in [0, 0.05) is 30.0 Å². The average molecular weight is 296 g/mol. The number of carbonyl (C=O) groups excluding carboxylic acids is 1. The minimum Gasteiger partial charge on any atom is -0.326 e. The van der Waals surface area contributed by atoms with Gasteiger partial charge in [0.1, 0.15) is 12.2 Å². The number of rotatable bonds is 2. The third-order valence-electron chi connectivity index (χ3n) is 4.21. The van der Waals surface area contributed by atoms with Gasteiger partial charge in [-0.25, -0.2) is 0 Å². The Hall–Kier alpha value is -2.70. The molecule has 1 aromatic carbocycles. The number of hydrogen-bond donors (Lipinski definition) is 2. The first kappa shape index (κ1) is 13.0. The van der Waals surface area contributed by atoms with Crippen molar-refractivity contribution in [3.8, 4) is 0 Å². The molecule has 22 heavy (non-hydrogen) atoms. The summed E-state index contributed by atoms with van der Waals surface area (Å²) in [5.41, 5.74) is 1.77. The van der Waals surface area contributed by atoms with Crippen molar-refractivity contribution in [1.82, 2.24) is 25.0 Å². The minimum atomic E-state index is 0.00162. The zero-order chi connectivity index (χ0) is 14.9. The maximum absolute atomic E-state index is 12.5. The number of amides is 1. The monoisotopic (exact) mass is 296 g/mol. The van der Waals surface area contributed by atoms with E-state index in [0.717, 1.165) is 48.2 Å². The topological polar surface area (TPSA) is 88.5 Å². The van der Waals surface area contributed by atoms with Gasteiger partial charge < -0.3 is 9.88 Å². The second-order valence-electron chi connectivity index (χ2n) is 5.63. The van der Waals surface area contributed by atoms with E-state index in [-0.39, 0.29) is 11.8 Å². The number of hydrogen-bond acceptors (Lipinski definition) is 4. The lowest BCUT2D eigenvalue weighted by Gasteiger charge is -2.14. The van der Waals surface area contributed by atoms with Crippen molar-refractivity contribution < 1.29 is 4.79 Å². The number of carbonyl (C=O) groups is 1. The summed E-state index contributed by atoms with van der Waals surface area (Å²) < 4.78 is 2.03. The molecular formula is C15H16N6O. The molecule has 0 aliphatic carbocycles. The Morgan fingerprint density at radius 1 is 1.36 bits per heavy atom. The molecule has 7 heteroatoms. The summed E-state index contributed by atoms with van der Waals surface area (Å²) in [5, 5.41) is 18.9. The smallest absolute Gasteiger partial charge is 0.227 e. The van der Waals surface area contributed by atoms with Crippen LogP contribution >= 0.6 is 0 Å². The molecule has 1 aliphatic heterocycles. The number of benzene rings is 1. The summed E-state index contributed by atoms with van der Waals surface area (Å²) >= 11 is 0. The fourth-order valence-corrected chi connectivity index (χ4v) is 2.93. The SMILES string of the molecule is O=C(Nc1ccc2[nH]ncc2c1)C1CCc2nncn2CC1. The van der Waals surface area contributed by atoms with Crippen LogP contribution in [0.4, 0.5) is 5.69 Å². The van der Waals surface area contributed by atoms with Crippen molar-refractivity contribution in [2.24, 2.45) is 5.92 Å². The maximum atomic E-state index is 12.5. The molecule has 0 spiro atoms. The molecule has 3 aromatic rings.